The number of hydrogen-bond donors (Lipinski definition) is 1. The number of esters is 2. The summed E-state index contributed by atoms with van der Waals surface area (Å²) in [6, 6.07) is 5.52. The number of benzene rings is 1. The molecule has 0 fully saturated rings. The Balaban J connectivity index is 2.09. The van der Waals surface area contributed by atoms with Gasteiger partial charge in [0.25, 0.3) is 0 Å². The third-order valence-corrected chi connectivity index (χ3v) is 3.99. The average Bonchev–Trinajstić information content (AvgIpc) is 3.08. The molecule has 2 heterocycles. The minimum Gasteiger partial charge on any atom is -0.466 e. The zero-order valence-corrected chi connectivity index (χ0v) is 14.3. The predicted molar refractivity (Wildman–Crippen MR) is 89.8 cm³/mol. The zero-order chi connectivity index (χ0) is 18.0. The van der Waals surface area contributed by atoms with E-state index in [0.29, 0.717) is 5.69 Å². The smallest absolute Gasteiger partial charge is 0.355 e. The summed E-state index contributed by atoms with van der Waals surface area (Å²) in [6.45, 7) is 2.11. The summed E-state index contributed by atoms with van der Waals surface area (Å²) in [5.41, 5.74) is 2.59. The van der Waals surface area contributed by atoms with E-state index in [4.69, 9.17) is 14.2 Å². The molecule has 1 aliphatic heterocycles. The molecule has 0 amide bonds. The molecular weight excluding hydrogens is 326 g/mol. The molecule has 8 nitrogen and oxygen atoms in total. The lowest BCUT2D eigenvalue weighted by Gasteiger charge is -2.31. The summed E-state index contributed by atoms with van der Waals surface area (Å²) >= 11 is 0. The fourth-order valence-electron chi connectivity index (χ4n) is 2.73. The van der Waals surface area contributed by atoms with Crippen molar-refractivity contribution in [3.63, 3.8) is 0 Å². The minimum absolute atomic E-state index is 0.0140. The summed E-state index contributed by atoms with van der Waals surface area (Å²) in [5.74, 6) is -0.371. The Bertz CT molecular complexity index is 855. The molecule has 0 aliphatic carbocycles. The molecule has 132 valence electrons. The number of carbonyl (C=O) groups is 2. The van der Waals surface area contributed by atoms with Gasteiger partial charge in [0.15, 0.2) is 0 Å². The average molecular weight is 345 g/mol. The second kappa shape index (κ2) is 6.94. The Labute approximate surface area is 144 Å². The quantitative estimate of drug-likeness (QED) is 0.840. The monoisotopic (exact) mass is 345 g/mol. The highest BCUT2D eigenvalue weighted by molar-refractivity contribution is 6.03. The fraction of sp³-hybridized carbons (Fsp3) is 0.353. The third kappa shape index (κ3) is 3.08. The van der Waals surface area contributed by atoms with Crippen LogP contribution in [-0.2, 0) is 30.2 Å². The highest BCUT2D eigenvalue weighted by atomic mass is 16.5. The number of ether oxygens (including phenoxy) is 3. The van der Waals surface area contributed by atoms with E-state index >= 15 is 0 Å². The molecule has 0 bridgehead atoms. The van der Waals surface area contributed by atoms with Crippen molar-refractivity contribution in [3.05, 3.63) is 35.3 Å². The number of H-pyrrole nitrogens is 1. The second-order valence-electron chi connectivity index (χ2n) is 5.45. The van der Waals surface area contributed by atoms with Crippen LogP contribution in [0.1, 0.15) is 12.7 Å². The van der Waals surface area contributed by atoms with Crippen molar-refractivity contribution in [2.75, 3.05) is 32.5 Å². The first-order valence-corrected chi connectivity index (χ1v) is 7.82. The SMILES string of the molecule is CCc1nc2ccc(N3COCC(C(=O)OC)=C3C(=O)OC)cc2[nH]1. The topological polar surface area (TPSA) is 93.8 Å². The lowest BCUT2D eigenvalue weighted by molar-refractivity contribution is -0.140. The number of rotatable bonds is 4. The molecule has 8 heteroatoms. The molecule has 0 spiro atoms. The van der Waals surface area contributed by atoms with E-state index in [1.54, 1.807) is 4.90 Å². The lowest BCUT2D eigenvalue weighted by atomic mass is 10.1. The van der Waals surface area contributed by atoms with Crippen LogP contribution in [0.15, 0.2) is 29.5 Å². The van der Waals surface area contributed by atoms with Crippen LogP contribution in [-0.4, -0.2) is 49.5 Å². The van der Waals surface area contributed by atoms with E-state index in [-0.39, 0.29) is 24.6 Å². The standard InChI is InChI=1S/C17H19N3O5/c1-4-14-18-12-6-5-10(7-13(12)19-14)20-9-25-8-11(16(21)23-2)15(20)17(22)24-3/h5-7H,4,8-9H2,1-3H3,(H,18,19). The van der Waals surface area contributed by atoms with Crippen molar-refractivity contribution in [2.24, 2.45) is 0 Å². The van der Waals surface area contributed by atoms with Gasteiger partial charge in [-0.15, -0.1) is 0 Å². The molecule has 0 saturated heterocycles. The van der Waals surface area contributed by atoms with Crippen molar-refractivity contribution >= 4 is 28.7 Å². The summed E-state index contributed by atoms with van der Waals surface area (Å²) in [6.07, 6.45) is 0.788. The Morgan fingerprint density at radius 3 is 2.72 bits per heavy atom. The van der Waals surface area contributed by atoms with Gasteiger partial charge in [-0.3, -0.25) is 0 Å². The predicted octanol–water partition coefficient (Wildman–Crippen LogP) is 1.52. The van der Waals surface area contributed by atoms with E-state index in [2.05, 4.69) is 9.97 Å². The normalized spacial score (nSPS) is 14.8. The van der Waals surface area contributed by atoms with E-state index in [0.717, 1.165) is 23.3 Å². The van der Waals surface area contributed by atoms with Crippen molar-refractivity contribution in [1.29, 1.82) is 0 Å². The first kappa shape index (κ1) is 17.0. The summed E-state index contributed by atoms with van der Waals surface area (Å²) in [4.78, 5) is 33.6. The maximum Gasteiger partial charge on any atom is 0.355 e. The molecule has 25 heavy (non-hydrogen) atoms. The Hall–Kier alpha value is -2.87. The number of aromatic amines is 1. The van der Waals surface area contributed by atoms with Crippen LogP contribution in [0.3, 0.4) is 0 Å². The van der Waals surface area contributed by atoms with E-state index in [1.807, 2.05) is 25.1 Å². The number of fused-ring (bicyclic) bond motifs is 1. The number of imidazole rings is 1. The number of anilines is 1. The van der Waals surface area contributed by atoms with Gasteiger partial charge in [0, 0.05) is 12.1 Å². The molecule has 0 saturated carbocycles. The third-order valence-electron chi connectivity index (χ3n) is 3.99. The highest BCUT2D eigenvalue weighted by Crippen LogP contribution is 2.28. The first-order valence-electron chi connectivity index (χ1n) is 7.82. The fourth-order valence-corrected chi connectivity index (χ4v) is 2.73. The zero-order valence-electron chi connectivity index (χ0n) is 14.3. The number of carbonyl (C=O) groups excluding carboxylic acids is 2. The number of nitrogens with zero attached hydrogens (tertiary/aromatic N) is 2. The molecule has 1 aromatic heterocycles. The van der Waals surface area contributed by atoms with Gasteiger partial charge in [0.1, 0.15) is 18.3 Å². The van der Waals surface area contributed by atoms with Crippen LogP contribution in [0.25, 0.3) is 11.0 Å². The van der Waals surface area contributed by atoms with Crippen LogP contribution in [0.2, 0.25) is 0 Å². The molecule has 3 rings (SSSR count). The van der Waals surface area contributed by atoms with Crippen LogP contribution >= 0.6 is 0 Å². The van der Waals surface area contributed by atoms with Crippen molar-refractivity contribution in [2.45, 2.75) is 13.3 Å². The van der Waals surface area contributed by atoms with Gasteiger partial charge in [-0.2, -0.15) is 0 Å². The molecule has 0 atom stereocenters. The number of methoxy groups -OCH3 is 2. The Morgan fingerprint density at radius 1 is 1.28 bits per heavy atom. The van der Waals surface area contributed by atoms with Crippen LogP contribution in [0.4, 0.5) is 5.69 Å². The largest absolute Gasteiger partial charge is 0.466 e. The minimum atomic E-state index is -0.624. The molecule has 0 unspecified atom stereocenters. The van der Waals surface area contributed by atoms with Crippen LogP contribution in [0, 0.1) is 0 Å². The van der Waals surface area contributed by atoms with E-state index < -0.39 is 11.9 Å². The van der Waals surface area contributed by atoms with Gasteiger partial charge in [-0.05, 0) is 18.2 Å². The molecule has 2 aromatic rings. The number of aromatic nitrogens is 2. The van der Waals surface area contributed by atoms with E-state index in [1.165, 1.54) is 14.2 Å². The molecular formula is C17H19N3O5. The van der Waals surface area contributed by atoms with Gasteiger partial charge in [0.2, 0.25) is 0 Å². The summed E-state index contributed by atoms with van der Waals surface area (Å²) < 4.78 is 15.1. The van der Waals surface area contributed by atoms with Gasteiger partial charge < -0.3 is 24.1 Å². The van der Waals surface area contributed by atoms with Gasteiger partial charge in [-0.25, -0.2) is 14.6 Å². The van der Waals surface area contributed by atoms with Crippen molar-refractivity contribution in [1.82, 2.24) is 9.97 Å². The molecule has 1 aliphatic rings. The number of aryl methyl sites for hydroxylation is 1. The molecule has 1 N–H and O–H groups in total. The second-order valence-corrected chi connectivity index (χ2v) is 5.45. The van der Waals surface area contributed by atoms with Crippen LogP contribution in [0.5, 0.6) is 0 Å². The Kier molecular flexibility index (Phi) is 4.71. The first-order chi connectivity index (χ1) is 12.1. The maximum absolute atomic E-state index is 12.3. The number of nitrogens with one attached hydrogen (secondary N) is 1. The summed E-state index contributed by atoms with van der Waals surface area (Å²) in [5, 5.41) is 0. The highest BCUT2D eigenvalue weighted by Gasteiger charge is 2.32. The Morgan fingerprint density at radius 2 is 2.04 bits per heavy atom. The summed E-state index contributed by atoms with van der Waals surface area (Å²) in [7, 11) is 2.52. The van der Waals surface area contributed by atoms with E-state index in [9.17, 15) is 9.59 Å². The van der Waals surface area contributed by atoms with Crippen molar-refractivity contribution in [3.8, 4) is 0 Å². The van der Waals surface area contributed by atoms with Crippen LogP contribution < -0.4 is 4.90 Å². The number of hydrogen-bond acceptors (Lipinski definition) is 7. The van der Waals surface area contributed by atoms with Crippen molar-refractivity contribution < 1.29 is 23.8 Å². The van der Waals surface area contributed by atoms with Gasteiger partial charge >= 0.3 is 11.9 Å². The van der Waals surface area contributed by atoms with Gasteiger partial charge in [-0.1, -0.05) is 6.92 Å². The molecule has 0 radical (unpaired) electrons. The lowest BCUT2D eigenvalue weighted by Crippen LogP contribution is -2.38. The molecule has 1 aromatic carbocycles. The van der Waals surface area contributed by atoms with Gasteiger partial charge in [0.05, 0.1) is 37.4 Å². The maximum atomic E-state index is 12.3.